The summed E-state index contributed by atoms with van der Waals surface area (Å²) in [4.78, 5) is 18.4. The zero-order valence-electron chi connectivity index (χ0n) is 13.9. The number of aromatic nitrogens is 2. The molecule has 0 N–H and O–H groups in total. The Balaban J connectivity index is 1.60. The number of carbonyl (C=O) groups excluding carboxylic acids is 1. The highest BCUT2D eigenvalue weighted by atomic mass is 35.5. The van der Waals surface area contributed by atoms with Gasteiger partial charge in [0, 0.05) is 29.8 Å². The molecule has 1 fully saturated rings. The molecule has 2 aromatic carbocycles. The van der Waals surface area contributed by atoms with Crippen LogP contribution in [0, 0.1) is 12.7 Å². The van der Waals surface area contributed by atoms with Crippen LogP contribution in [0.3, 0.4) is 0 Å². The van der Waals surface area contributed by atoms with Gasteiger partial charge >= 0.3 is 0 Å². The fourth-order valence-corrected chi connectivity index (χ4v) is 3.37. The van der Waals surface area contributed by atoms with Gasteiger partial charge in [0.2, 0.25) is 17.6 Å². The first kappa shape index (κ1) is 16.7. The number of anilines is 1. The molecule has 26 heavy (non-hydrogen) atoms. The molecule has 4 rings (SSSR count). The Bertz CT molecular complexity index is 988. The lowest BCUT2D eigenvalue weighted by Crippen LogP contribution is -2.25. The van der Waals surface area contributed by atoms with Crippen molar-refractivity contribution in [3.63, 3.8) is 0 Å². The van der Waals surface area contributed by atoms with Gasteiger partial charge in [-0.3, -0.25) is 4.79 Å². The standard InChI is InChI=1S/C19H15ClFN3O2/c1-11-15(21)7-4-8-16(11)24-10-12(9-17(24)25)19-22-18(23-26-19)13-5-2-3-6-14(13)20/h2-8,12H,9-10H2,1H3. The summed E-state index contributed by atoms with van der Waals surface area (Å²) < 4.78 is 19.2. The summed E-state index contributed by atoms with van der Waals surface area (Å²) in [5.74, 6) is 0.0934. The van der Waals surface area contributed by atoms with Crippen LogP contribution in [0.4, 0.5) is 10.1 Å². The molecule has 2 heterocycles. The van der Waals surface area contributed by atoms with Gasteiger partial charge in [-0.2, -0.15) is 4.98 Å². The normalized spacial score (nSPS) is 17.1. The average Bonchev–Trinajstić information content (AvgIpc) is 3.25. The zero-order chi connectivity index (χ0) is 18.3. The van der Waals surface area contributed by atoms with Crippen molar-refractivity contribution in [3.05, 3.63) is 64.8 Å². The third-order valence-electron chi connectivity index (χ3n) is 4.56. The molecule has 0 saturated carbocycles. The second kappa shape index (κ2) is 6.53. The second-order valence-electron chi connectivity index (χ2n) is 6.23. The minimum Gasteiger partial charge on any atom is -0.339 e. The molecule has 7 heteroatoms. The zero-order valence-corrected chi connectivity index (χ0v) is 14.7. The van der Waals surface area contributed by atoms with Crippen molar-refractivity contribution >= 4 is 23.2 Å². The Morgan fingerprint density at radius 1 is 1.23 bits per heavy atom. The van der Waals surface area contributed by atoms with Gasteiger partial charge in [0.25, 0.3) is 0 Å². The topological polar surface area (TPSA) is 59.2 Å². The van der Waals surface area contributed by atoms with Crippen LogP contribution in [0.1, 0.15) is 23.8 Å². The Labute approximate surface area is 154 Å². The van der Waals surface area contributed by atoms with E-state index in [1.54, 1.807) is 36.1 Å². The third-order valence-corrected chi connectivity index (χ3v) is 4.89. The molecular formula is C19H15ClFN3O2. The largest absolute Gasteiger partial charge is 0.339 e. The van der Waals surface area contributed by atoms with Gasteiger partial charge in [-0.05, 0) is 31.2 Å². The summed E-state index contributed by atoms with van der Waals surface area (Å²) in [5.41, 5.74) is 1.69. The number of rotatable bonds is 3. The number of hydrogen-bond acceptors (Lipinski definition) is 4. The minimum atomic E-state index is -0.336. The summed E-state index contributed by atoms with van der Waals surface area (Å²) in [5, 5.41) is 4.51. The van der Waals surface area contributed by atoms with E-state index in [2.05, 4.69) is 10.1 Å². The molecule has 0 radical (unpaired) electrons. The predicted octanol–water partition coefficient (Wildman–Crippen LogP) is 4.36. The molecule has 3 aromatic rings. The molecule has 1 unspecified atom stereocenters. The lowest BCUT2D eigenvalue weighted by atomic mass is 10.1. The van der Waals surface area contributed by atoms with Crippen LogP contribution in [-0.2, 0) is 4.79 Å². The number of benzene rings is 2. The average molecular weight is 372 g/mol. The van der Waals surface area contributed by atoms with Gasteiger partial charge in [0.05, 0.1) is 10.9 Å². The van der Waals surface area contributed by atoms with Gasteiger partial charge in [-0.25, -0.2) is 4.39 Å². The van der Waals surface area contributed by atoms with Crippen LogP contribution in [-0.4, -0.2) is 22.6 Å². The molecule has 1 aliphatic rings. The van der Waals surface area contributed by atoms with Crippen LogP contribution in [0.2, 0.25) is 5.02 Å². The van der Waals surface area contributed by atoms with E-state index in [4.69, 9.17) is 16.1 Å². The van der Waals surface area contributed by atoms with Gasteiger partial charge in [0.15, 0.2) is 0 Å². The van der Waals surface area contributed by atoms with Crippen molar-refractivity contribution in [2.75, 3.05) is 11.4 Å². The fraction of sp³-hybridized carbons (Fsp3) is 0.211. The Kier molecular flexibility index (Phi) is 4.20. The molecule has 0 aliphatic carbocycles. The molecule has 1 atom stereocenters. The van der Waals surface area contributed by atoms with Crippen molar-refractivity contribution < 1.29 is 13.7 Å². The monoisotopic (exact) mass is 371 g/mol. The summed E-state index contributed by atoms with van der Waals surface area (Å²) in [7, 11) is 0. The Morgan fingerprint density at radius 3 is 2.85 bits per heavy atom. The second-order valence-corrected chi connectivity index (χ2v) is 6.63. The highest BCUT2D eigenvalue weighted by molar-refractivity contribution is 6.33. The lowest BCUT2D eigenvalue weighted by Gasteiger charge is -2.18. The van der Waals surface area contributed by atoms with Gasteiger partial charge in [-0.15, -0.1) is 0 Å². The van der Waals surface area contributed by atoms with E-state index >= 15 is 0 Å². The third kappa shape index (κ3) is 2.86. The summed E-state index contributed by atoms with van der Waals surface area (Å²) >= 11 is 6.17. The van der Waals surface area contributed by atoms with Crippen molar-refractivity contribution in [2.24, 2.45) is 0 Å². The van der Waals surface area contributed by atoms with Crippen molar-refractivity contribution in [2.45, 2.75) is 19.3 Å². The Morgan fingerprint density at radius 2 is 2.04 bits per heavy atom. The maximum absolute atomic E-state index is 13.8. The van der Waals surface area contributed by atoms with Gasteiger partial charge in [-0.1, -0.05) is 35.0 Å². The Hall–Kier alpha value is -2.73. The van der Waals surface area contributed by atoms with E-state index in [0.717, 1.165) is 0 Å². The molecular weight excluding hydrogens is 357 g/mol. The van der Waals surface area contributed by atoms with Crippen LogP contribution >= 0.6 is 11.6 Å². The molecule has 0 spiro atoms. The molecule has 5 nitrogen and oxygen atoms in total. The maximum Gasteiger partial charge on any atom is 0.232 e. The maximum atomic E-state index is 13.8. The van der Waals surface area contributed by atoms with Crippen LogP contribution in [0.15, 0.2) is 47.0 Å². The first-order chi connectivity index (χ1) is 12.5. The van der Waals surface area contributed by atoms with Gasteiger partial charge in [0.1, 0.15) is 5.82 Å². The minimum absolute atomic E-state index is 0.0961. The molecule has 132 valence electrons. The molecule has 1 aromatic heterocycles. The van der Waals surface area contributed by atoms with Crippen LogP contribution in [0.25, 0.3) is 11.4 Å². The number of halogens is 2. The molecule has 0 bridgehead atoms. The fourth-order valence-electron chi connectivity index (χ4n) is 3.15. The number of nitrogens with zero attached hydrogens (tertiary/aromatic N) is 3. The number of amides is 1. The van der Waals surface area contributed by atoms with E-state index in [-0.39, 0.29) is 24.1 Å². The molecule has 1 amide bonds. The SMILES string of the molecule is Cc1c(F)cccc1N1CC(c2nc(-c3ccccc3Cl)no2)CC1=O. The van der Waals surface area contributed by atoms with E-state index in [1.165, 1.54) is 6.07 Å². The van der Waals surface area contributed by atoms with E-state index in [9.17, 15) is 9.18 Å². The van der Waals surface area contributed by atoms with E-state index < -0.39 is 0 Å². The summed E-state index contributed by atoms with van der Waals surface area (Å²) in [6, 6.07) is 11.9. The summed E-state index contributed by atoms with van der Waals surface area (Å²) in [6.45, 7) is 2.03. The van der Waals surface area contributed by atoms with Crippen molar-refractivity contribution in [1.29, 1.82) is 0 Å². The highest BCUT2D eigenvalue weighted by Gasteiger charge is 2.36. The first-order valence-electron chi connectivity index (χ1n) is 8.18. The van der Waals surface area contributed by atoms with Crippen LogP contribution < -0.4 is 4.90 Å². The van der Waals surface area contributed by atoms with Crippen molar-refractivity contribution in [1.82, 2.24) is 10.1 Å². The smallest absolute Gasteiger partial charge is 0.232 e. The highest BCUT2D eigenvalue weighted by Crippen LogP contribution is 2.34. The van der Waals surface area contributed by atoms with Gasteiger partial charge < -0.3 is 9.42 Å². The predicted molar refractivity (Wildman–Crippen MR) is 95.6 cm³/mol. The first-order valence-corrected chi connectivity index (χ1v) is 8.56. The quantitative estimate of drug-likeness (QED) is 0.686. The van der Waals surface area contributed by atoms with Crippen molar-refractivity contribution in [3.8, 4) is 11.4 Å². The number of carbonyl (C=O) groups is 1. The lowest BCUT2D eigenvalue weighted by molar-refractivity contribution is -0.117. The van der Waals surface area contributed by atoms with E-state index in [0.29, 0.717) is 40.1 Å². The van der Waals surface area contributed by atoms with Crippen LogP contribution in [0.5, 0.6) is 0 Å². The number of hydrogen-bond donors (Lipinski definition) is 0. The molecule has 1 aliphatic heterocycles. The summed E-state index contributed by atoms with van der Waals surface area (Å²) in [6.07, 6.45) is 0.236. The molecule has 1 saturated heterocycles. The van der Waals surface area contributed by atoms with E-state index in [1.807, 2.05) is 12.1 Å².